The molecule has 1 heterocycles. The molecule has 0 atom stereocenters. The fraction of sp³-hybridized carbons (Fsp3) is 0.182. The van der Waals surface area contributed by atoms with Gasteiger partial charge >= 0.3 is 0 Å². The number of nitrogens with one attached hydrogen (secondary N) is 1. The third-order valence-electron chi connectivity index (χ3n) is 3.93. The lowest BCUT2D eigenvalue weighted by molar-refractivity contribution is -0.111. The third-order valence-corrected chi connectivity index (χ3v) is 5.21. The summed E-state index contributed by atoms with van der Waals surface area (Å²) in [5.74, 6) is 0.452. The first-order chi connectivity index (χ1) is 13.0. The second kappa shape index (κ2) is 9.11. The Morgan fingerprint density at radius 3 is 2.52 bits per heavy atom. The first-order valence-electron chi connectivity index (χ1n) is 8.79. The Kier molecular flexibility index (Phi) is 6.58. The molecule has 0 aliphatic heterocycles. The predicted molar refractivity (Wildman–Crippen MR) is 118 cm³/mol. The van der Waals surface area contributed by atoms with Crippen molar-refractivity contribution in [3.05, 3.63) is 75.6 Å². The number of amides is 1. The molecule has 0 bridgehead atoms. The molecule has 3 aromatic rings. The van der Waals surface area contributed by atoms with E-state index in [0.29, 0.717) is 11.0 Å². The lowest BCUT2D eigenvalue weighted by atomic mass is 10.0. The van der Waals surface area contributed by atoms with E-state index in [-0.39, 0.29) is 5.91 Å². The maximum Gasteiger partial charge on any atom is 0.250 e. The molecule has 0 saturated carbocycles. The van der Waals surface area contributed by atoms with Crippen LogP contribution in [0.25, 0.3) is 17.3 Å². The number of thiazole rings is 1. The molecule has 0 spiro atoms. The minimum atomic E-state index is -0.189. The van der Waals surface area contributed by atoms with Crippen LogP contribution in [0.4, 0.5) is 5.13 Å². The van der Waals surface area contributed by atoms with Crippen LogP contribution in [0.1, 0.15) is 25.0 Å². The average Bonchev–Trinajstić information content (AvgIpc) is 3.10. The van der Waals surface area contributed by atoms with Crippen molar-refractivity contribution < 1.29 is 4.79 Å². The third kappa shape index (κ3) is 5.88. The number of rotatable bonds is 6. The van der Waals surface area contributed by atoms with Crippen molar-refractivity contribution >= 4 is 44.4 Å². The highest BCUT2D eigenvalue weighted by atomic mass is 79.9. The number of aromatic nitrogens is 1. The molecule has 1 N–H and O–H groups in total. The minimum Gasteiger partial charge on any atom is -0.298 e. The van der Waals surface area contributed by atoms with Gasteiger partial charge in [0.25, 0.3) is 0 Å². The Labute approximate surface area is 172 Å². The van der Waals surface area contributed by atoms with Gasteiger partial charge in [-0.15, -0.1) is 11.3 Å². The summed E-state index contributed by atoms with van der Waals surface area (Å²) in [6.07, 6.45) is 4.37. The van der Waals surface area contributed by atoms with Crippen LogP contribution in [0.15, 0.2) is 64.5 Å². The van der Waals surface area contributed by atoms with Crippen LogP contribution in [0, 0.1) is 5.92 Å². The summed E-state index contributed by atoms with van der Waals surface area (Å²) in [6, 6.07) is 16.2. The summed E-state index contributed by atoms with van der Waals surface area (Å²) in [6.45, 7) is 4.43. The zero-order valence-electron chi connectivity index (χ0n) is 15.3. The molecule has 0 fully saturated rings. The average molecular weight is 441 g/mol. The number of halogens is 1. The number of anilines is 1. The SMILES string of the molecule is CC(C)Cc1ccc(-c2csc(NC(=O)C=Cc3ccc(Br)cc3)n2)cc1. The standard InChI is InChI=1S/C22H21BrN2OS/c1-15(2)13-17-3-8-18(9-4-17)20-14-27-22(24-20)25-21(26)12-7-16-5-10-19(23)11-6-16/h3-12,14-15H,13H2,1-2H3,(H,24,25,26). The van der Waals surface area contributed by atoms with E-state index in [1.807, 2.05) is 29.6 Å². The van der Waals surface area contributed by atoms with Crippen LogP contribution in [-0.2, 0) is 11.2 Å². The normalized spacial score (nSPS) is 11.3. The minimum absolute atomic E-state index is 0.189. The fourth-order valence-electron chi connectivity index (χ4n) is 2.64. The smallest absolute Gasteiger partial charge is 0.250 e. The molecule has 1 amide bonds. The summed E-state index contributed by atoms with van der Waals surface area (Å²) in [5, 5.41) is 5.39. The van der Waals surface area contributed by atoms with Crippen LogP contribution >= 0.6 is 27.3 Å². The number of hydrogen-bond acceptors (Lipinski definition) is 3. The lowest BCUT2D eigenvalue weighted by Gasteiger charge is -2.05. The number of hydrogen-bond donors (Lipinski definition) is 1. The topological polar surface area (TPSA) is 42.0 Å². The molecule has 0 aliphatic carbocycles. The van der Waals surface area contributed by atoms with Gasteiger partial charge in [0.2, 0.25) is 5.91 Å². The van der Waals surface area contributed by atoms with Gasteiger partial charge in [-0.3, -0.25) is 10.1 Å². The van der Waals surface area contributed by atoms with E-state index in [4.69, 9.17) is 0 Å². The Bertz CT molecular complexity index is 928. The molecule has 0 saturated heterocycles. The zero-order valence-corrected chi connectivity index (χ0v) is 17.7. The Balaban J connectivity index is 1.61. The van der Waals surface area contributed by atoms with Crippen LogP contribution in [0.2, 0.25) is 0 Å². The van der Waals surface area contributed by atoms with Crippen molar-refractivity contribution in [2.24, 2.45) is 5.92 Å². The van der Waals surface area contributed by atoms with Gasteiger partial charge in [0.1, 0.15) is 0 Å². The second-order valence-electron chi connectivity index (χ2n) is 6.71. The van der Waals surface area contributed by atoms with Crippen molar-refractivity contribution in [2.75, 3.05) is 5.32 Å². The maximum absolute atomic E-state index is 12.1. The molecule has 3 rings (SSSR count). The largest absolute Gasteiger partial charge is 0.298 e. The van der Waals surface area contributed by atoms with Gasteiger partial charge in [0, 0.05) is 21.5 Å². The molecular formula is C22H21BrN2OS. The molecule has 0 unspecified atom stereocenters. The monoisotopic (exact) mass is 440 g/mol. The highest BCUT2D eigenvalue weighted by molar-refractivity contribution is 9.10. The van der Waals surface area contributed by atoms with Gasteiger partial charge in [-0.1, -0.05) is 66.2 Å². The van der Waals surface area contributed by atoms with Gasteiger partial charge in [0.05, 0.1) is 5.69 Å². The second-order valence-corrected chi connectivity index (χ2v) is 8.48. The molecule has 5 heteroatoms. The van der Waals surface area contributed by atoms with Crippen LogP contribution in [-0.4, -0.2) is 10.9 Å². The van der Waals surface area contributed by atoms with Crippen molar-refractivity contribution in [3.63, 3.8) is 0 Å². The number of benzene rings is 2. The van der Waals surface area contributed by atoms with E-state index in [9.17, 15) is 4.79 Å². The summed E-state index contributed by atoms with van der Waals surface area (Å²) in [4.78, 5) is 16.6. The Morgan fingerprint density at radius 1 is 1.15 bits per heavy atom. The van der Waals surface area contributed by atoms with Crippen LogP contribution in [0.5, 0.6) is 0 Å². The van der Waals surface area contributed by atoms with Gasteiger partial charge < -0.3 is 0 Å². The van der Waals surface area contributed by atoms with Gasteiger partial charge in [-0.25, -0.2) is 4.98 Å². The number of carbonyl (C=O) groups is 1. The fourth-order valence-corrected chi connectivity index (χ4v) is 3.63. The van der Waals surface area contributed by atoms with E-state index < -0.39 is 0 Å². The molecule has 1 aromatic heterocycles. The number of carbonyl (C=O) groups excluding carboxylic acids is 1. The van der Waals surface area contributed by atoms with Crippen LogP contribution in [0.3, 0.4) is 0 Å². The summed E-state index contributed by atoms with van der Waals surface area (Å²) >= 11 is 4.82. The van der Waals surface area contributed by atoms with Crippen LogP contribution < -0.4 is 5.32 Å². The van der Waals surface area contributed by atoms with E-state index in [0.717, 1.165) is 27.7 Å². The molecule has 0 radical (unpaired) electrons. The van der Waals surface area contributed by atoms with E-state index in [1.165, 1.54) is 23.0 Å². The van der Waals surface area contributed by atoms with Gasteiger partial charge in [-0.05, 0) is 41.7 Å². The van der Waals surface area contributed by atoms with Gasteiger partial charge in [-0.2, -0.15) is 0 Å². The van der Waals surface area contributed by atoms with Crippen molar-refractivity contribution in [1.82, 2.24) is 4.98 Å². The number of nitrogens with zero attached hydrogens (tertiary/aromatic N) is 1. The highest BCUT2D eigenvalue weighted by Crippen LogP contribution is 2.25. The zero-order chi connectivity index (χ0) is 19.2. The van der Waals surface area contributed by atoms with E-state index in [1.54, 1.807) is 6.08 Å². The molecular weight excluding hydrogens is 420 g/mol. The van der Waals surface area contributed by atoms with E-state index >= 15 is 0 Å². The maximum atomic E-state index is 12.1. The van der Waals surface area contributed by atoms with Crippen molar-refractivity contribution in [1.29, 1.82) is 0 Å². The van der Waals surface area contributed by atoms with Crippen molar-refractivity contribution in [2.45, 2.75) is 20.3 Å². The first kappa shape index (κ1) is 19.5. The summed E-state index contributed by atoms with van der Waals surface area (Å²) in [5.41, 5.74) is 4.23. The molecule has 2 aromatic carbocycles. The molecule has 27 heavy (non-hydrogen) atoms. The summed E-state index contributed by atoms with van der Waals surface area (Å²) in [7, 11) is 0. The molecule has 0 aliphatic rings. The highest BCUT2D eigenvalue weighted by Gasteiger charge is 2.07. The first-order valence-corrected chi connectivity index (χ1v) is 10.5. The van der Waals surface area contributed by atoms with E-state index in [2.05, 4.69) is 64.3 Å². The summed E-state index contributed by atoms with van der Waals surface area (Å²) < 4.78 is 1.01. The lowest BCUT2D eigenvalue weighted by Crippen LogP contribution is -2.07. The Hall–Kier alpha value is -2.24. The molecule has 138 valence electrons. The Morgan fingerprint density at radius 2 is 1.85 bits per heavy atom. The van der Waals surface area contributed by atoms with Crippen molar-refractivity contribution in [3.8, 4) is 11.3 Å². The predicted octanol–water partition coefficient (Wildman–Crippen LogP) is 6.42. The van der Waals surface area contributed by atoms with Gasteiger partial charge in [0.15, 0.2) is 5.13 Å². The molecule has 3 nitrogen and oxygen atoms in total. The quantitative estimate of drug-likeness (QED) is 0.449.